The largest absolute Gasteiger partial charge is 0.468 e. The first-order chi connectivity index (χ1) is 11.2. The fraction of sp³-hybridized carbons (Fsp3) is 0.190. The normalized spacial score (nSPS) is 15.3. The Morgan fingerprint density at radius 3 is 2.35 bits per heavy atom. The first-order valence-electron chi connectivity index (χ1n) is 7.92. The topological polar surface area (TPSA) is 26.3 Å². The molecular formula is C21H18O2. The highest BCUT2D eigenvalue weighted by atomic mass is 16.5. The van der Waals surface area contributed by atoms with Gasteiger partial charge in [-0.25, -0.2) is 0 Å². The predicted molar refractivity (Wildman–Crippen MR) is 92.3 cm³/mol. The molecule has 0 amide bonds. The molecule has 1 aliphatic rings. The van der Waals surface area contributed by atoms with Gasteiger partial charge < -0.3 is 4.74 Å². The van der Waals surface area contributed by atoms with E-state index in [4.69, 9.17) is 4.74 Å². The smallest absolute Gasteiger partial charge is 0.316 e. The average molecular weight is 302 g/mol. The van der Waals surface area contributed by atoms with Crippen molar-refractivity contribution in [2.75, 3.05) is 7.11 Å². The van der Waals surface area contributed by atoms with Crippen LogP contribution in [0.3, 0.4) is 0 Å². The van der Waals surface area contributed by atoms with Gasteiger partial charge in [0.25, 0.3) is 0 Å². The first-order valence-corrected chi connectivity index (χ1v) is 7.92. The summed E-state index contributed by atoms with van der Waals surface area (Å²) in [6.07, 6.45) is 1.73. The molecule has 2 nitrogen and oxygen atoms in total. The van der Waals surface area contributed by atoms with E-state index in [0.29, 0.717) is 0 Å². The Bertz CT molecular complexity index is 891. The van der Waals surface area contributed by atoms with Gasteiger partial charge in [-0.1, -0.05) is 60.7 Å². The molecule has 3 aromatic rings. The summed E-state index contributed by atoms with van der Waals surface area (Å²) in [6, 6.07) is 23.0. The van der Waals surface area contributed by atoms with Crippen LogP contribution in [0.5, 0.6) is 0 Å². The number of carbonyl (C=O) groups excluding carboxylic acids is 1. The van der Waals surface area contributed by atoms with Gasteiger partial charge in [0.2, 0.25) is 0 Å². The number of methoxy groups -OCH3 is 1. The standard InChI is InChI=1S/C21H18O2/c1-23-20(22)21(12-13-21)19-9-5-4-8-18(19)17-11-10-15-6-2-3-7-16(15)14-17/h2-11,14H,12-13H2,1H3. The number of benzene rings is 3. The second-order valence-electron chi connectivity index (χ2n) is 6.18. The molecule has 0 bridgehead atoms. The number of hydrogen-bond acceptors (Lipinski definition) is 2. The Morgan fingerprint density at radius 1 is 0.913 bits per heavy atom. The van der Waals surface area contributed by atoms with Gasteiger partial charge in [0.15, 0.2) is 0 Å². The fourth-order valence-corrected chi connectivity index (χ4v) is 3.41. The van der Waals surface area contributed by atoms with Gasteiger partial charge in [-0.15, -0.1) is 0 Å². The number of rotatable bonds is 3. The van der Waals surface area contributed by atoms with Crippen LogP contribution in [0, 0.1) is 0 Å². The molecule has 4 rings (SSSR count). The fourth-order valence-electron chi connectivity index (χ4n) is 3.41. The highest BCUT2D eigenvalue weighted by Gasteiger charge is 2.53. The zero-order valence-corrected chi connectivity index (χ0v) is 13.1. The summed E-state index contributed by atoms with van der Waals surface area (Å²) in [5, 5.41) is 2.44. The molecular weight excluding hydrogens is 284 g/mol. The second kappa shape index (κ2) is 5.24. The van der Waals surface area contributed by atoms with Crippen LogP contribution in [0.4, 0.5) is 0 Å². The summed E-state index contributed by atoms with van der Waals surface area (Å²) in [7, 11) is 1.47. The van der Waals surface area contributed by atoms with E-state index < -0.39 is 5.41 Å². The summed E-state index contributed by atoms with van der Waals surface area (Å²) in [6.45, 7) is 0. The van der Waals surface area contributed by atoms with Crippen LogP contribution in [0.2, 0.25) is 0 Å². The highest BCUT2D eigenvalue weighted by Crippen LogP contribution is 2.52. The lowest BCUT2D eigenvalue weighted by molar-refractivity contribution is -0.143. The van der Waals surface area contributed by atoms with E-state index in [1.165, 1.54) is 17.9 Å². The molecule has 0 N–H and O–H groups in total. The van der Waals surface area contributed by atoms with Crippen LogP contribution >= 0.6 is 0 Å². The summed E-state index contributed by atoms with van der Waals surface area (Å²) in [5.41, 5.74) is 2.91. The molecule has 0 aromatic heterocycles. The summed E-state index contributed by atoms with van der Waals surface area (Å²) < 4.78 is 5.05. The molecule has 0 radical (unpaired) electrons. The zero-order chi connectivity index (χ0) is 15.9. The Morgan fingerprint density at radius 2 is 1.61 bits per heavy atom. The van der Waals surface area contributed by atoms with Crippen molar-refractivity contribution in [2.45, 2.75) is 18.3 Å². The quantitative estimate of drug-likeness (QED) is 0.655. The van der Waals surface area contributed by atoms with Crippen LogP contribution < -0.4 is 0 Å². The zero-order valence-electron chi connectivity index (χ0n) is 13.1. The number of fused-ring (bicyclic) bond motifs is 1. The average Bonchev–Trinajstić information content (AvgIpc) is 3.42. The molecule has 23 heavy (non-hydrogen) atoms. The van der Waals surface area contributed by atoms with E-state index in [1.54, 1.807) is 0 Å². The molecule has 0 atom stereocenters. The highest BCUT2D eigenvalue weighted by molar-refractivity contribution is 5.92. The third kappa shape index (κ3) is 2.22. The van der Waals surface area contributed by atoms with Crippen molar-refractivity contribution < 1.29 is 9.53 Å². The molecule has 1 fully saturated rings. The third-order valence-electron chi connectivity index (χ3n) is 4.83. The maximum absolute atomic E-state index is 12.3. The lowest BCUT2D eigenvalue weighted by Gasteiger charge is -2.18. The van der Waals surface area contributed by atoms with E-state index in [9.17, 15) is 4.79 Å². The van der Waals surface area contributed by atoms with Gasteiger partial charge >= 0.3 is 5.97 Å². The minimum Gasteiger partial charge on any atom is -0.468 e. The van der Waals surface area contributed by atoms with Gasteiger partial charge in [-0.05, 0) is 46.4 Å². The number of esters is 1. The lowest BCUT2D eigenvalue weighted by atomic mass is 9.87. The van der Waals surface area contributed by atoms with Gasteiger partial charge in [0.1, 0.15) is 0 Å². The van der Waals surface area contributed by atoms with Crippen molar-refractivity contribution in [1.82, 2.24) is 0 Å². The molecule has 0 spiro atoms. The first kappa shape index (κ1) is 14.0. The summed E-state index contributed by atoms with van der Waals surface area (Å²) in [5.74, 6) is -0.120. The van der Waals surface area contributed by atoms with Crippen molar-refractivity contribution in [3.05, 3.63) is 72.3 Å². The maximum atomic E-state index is 12.3. The molecule has 114 valence electrons. The molecule has 1 saturated carbocycles. The number of carbonyl (C=O) groups is 1. The molecule has 0 aliphatic heterocycles. The SMILES string of the molecule is COC(=O)C1(c2ccccc2-c2ccc3ccccc3c2)CC1. The Balaban J connectivity index is 1.87. The van der Waals surface area contributed by atoms with Crippen molar-refractivity contribution in [1.29, 1.82) is 0 Å². The second-order valence-corrected chi connectivity index (χ2v) is 6.18. The van der Waals surface area contributed by atoms with E-state index in [-0.39, 0.29) is 5.97 Å². The Labute approximate surface area is 135 Å². The van der Waals surface area contributed by atoms with Gasteiger partial charge in [-0.3, -0.25) is 4.79 Å². The number of ether oxygens (including phenoxy) is 1. The Hall–Kier alpha value is -2.61. The van der Waals surface area contributed by atoms with Crippen LogP contribution in [0.15, 0.2) is 66.7 Å². The summed E-state index contributed by atoms with van der Waals surface area (Å²) >= 11 is 0. The minimum atomic E-state index is -0.447. The van der Waals surface area contributed by atoms with Crippen LogP contribution in [-0.4, -0.2) is 13.1 Å². The molecule has 2 heteroatoms. The molecule has 0 unspecified atom stereocenters. The van der Waals surface area contributed by atoms with Crippen molar-refractivity contribution in [2.24, 2.45) is 0 Å². The molecule has 0 saturated heterocycles. The van der Waals surface area contributed by atoms with E-state index in [0.717, 1.165) is 29.5 Å². The maximum Gasteiger partial charge on any atom is 0.316 e. The third-order valence-corrected chi connectivity index (χ3v) is 4.83. The van der Waals surface area contributed by atoms with Crippen LogP contribution in [-0.2, 0) is 14.9 Å². The van der Waals surface area contributed by atoms with Gasteiger partial charge in [0, 0.05) is 0 Å². The number of hydrogen-bond donors (Lipinski definition) is 0. The van der Waals surface area contributed by atoms with Gasteiger partial charge in [-0.2, -0.15) is 0 Å². The molecule has 3 aromatic carbocycles. The van der Waals surface area contributed by atoms with Crippen LogP contribution in [0.1, 0.15) is 18.4 Å². The van der Waals surface area contributed by atoms with Crippen molar-refractivity contribution in [3.63, 3.8) is 0 Å². The van der Waals surface area contributed by atoms with Crippen LogP contribution in [0.25, 0.3) is 21.9 Å². The lowest BCUT2D eigenvalue weighted by Crippen LogP contribution is -2.22. The predicted octanol–water partition coefficient (Wildman–Crippen LogP) is 4.71. The summed E-state index contributed by atoms with van der Waals surface area (Å²) in [4.78, 5) is 12.3. The monoisotopic (exact) mass is 302 g/mol. The van der Waals surface area contributed by atoms with E-state index in [2.05, 4.69) is 48.5 Å². The van der Waals surface area contributed by atoms with E-state index in [1.807, 2.05) is 18.2 Å². The minimum absolute atomic E-state index is 0.120. The van der Waals surface area contributed by atoms with Crippen molar-refractivity contribution in [3.8, 4) is 11.1 Å². The van der Waals surface area contributed by atoms with Gasteiger partial charge in [0.05, 0.1) is 12.5 Å². The van der Waals surface area contributed by atoms with E-state index >= 15 is 0 Å². The van der Waals surface area contributed by atoms with Crippen molar-refractivity contribution >= 4 is 16.7 Å². The molecule has 0 heterocycles. The molecule has 1 aliphatic carbocycles. The Kier molecular flexibility index (Phi) is 3.19.